The van der Waals surface area contributed by atoms with Gasteiger partial charge in [0.05, 0.1) is 17.4 Å². The second kappa shape index (κ2) is 6.66. The van der Waals surface area contributed by atoms with Crippen LogP contribution in [0.25, 0.3) is 0 Å². The molecule has 2 atom stereocenters. The van der Waals surface area contributed by atoms with Gasteiger partial charge in [-0.25, -0.2) is 0 Å². The molecule has 1 aliphatic heterocycles. The van der Waals surface area contributed by atoms with Crippen LogP contribution < -0.4 is 5.11 Å². The quantitative estimate of drug-likeness (QED) is 0.741. The van der Waals surface area contributed by atoms with E-state index in [1.165, 1.54) is 25.3 Å². The van der Waals surface area contributed by atoms with Crippen LogP contribution in [-0.4, -0.2) is 33.9 Å². The average Bonchev–Trinajstić information content (AvgIpc) is 2.83. The first-order valence-corrected chi connectivity index (χ1v) is 8.35. The lowest BCUT2D eigenvalue weighted by Gasteiger charge is -2.35. The number of aliphatic carboxylic acids is 1. The number of carbonyl (C=O) groups excluding carboxylic acids is 2. The van der Waals surface area contributed by atoms with E-state index in [1.807, 2.05) is 13.8 Å². The number of carbonyl (C=O) groups is 2. The summed E-state index contributed by atoms with van der Waals surface area (Å²) in [6.07, 6.45) is 7.34. The largest absolute Gasteiger partial charge is 0.548 e. The van der Waals surface area contributed by atoms with Crippen LogP contribution in [0.4, 0.5) is 0 Å². The van der Waals surface area contributed by atoms with Crippen molar-refractivity contribution in [1.82, 2.24) is 4.90 Å². The fourth-order valence-corrected chi connectivity index (χ4v) is 4.72. The molecule has 1 aliphatic carbocycles. The van der Waals surface area contributed by atoms with Crippen LogP contribution in [0.3, 0.4) is 0 Å². The Hall–Kier alpha value is -0.970. The number of hydrogen-bond acceptors (Lipinski definition) is 4. The number of rotatable bonds is 3. The van der Waals surface area contributed by atoms with E-state index in [1.54, 1.807) is 16.7 Å². The van der Waals surface area contributed by atoms with Gasteiger partial charge in [0.1, 0.15) is 0 Å². The van der Waals surface area contributed by atoms with Crippen LogP contribution in [0.1, 0.15) is 46.0 Å². The van der Waals surface area contributed by atoms with E-state index in [0.717, 1.165) is 18.4 Å². The zero-order valence-electron chi connectivity index (χ0n) is 12.1. The summed E-state index contributed by atoms with van der Waals surface area (Å²) in [6, 6.07) is -0.782. The molecule has 1 saturated carbocycles. The molecule has 2 rings (SSSR count). The molecule has 5 heteroatoms. The summed E-state index contributed by atoms with van der Waals surface area (Å²) in [6.45, 7) is 3.70. The second-order valence-electron chi connectivity index (χ2n) is 5.92. The number of allylic oxidation sites excluding steroid dienone is 1. The molecule has 1 amide bonds. The van der Waals surface area contributed by atoms with E-state index < -0.39 is 12.0 Å². The van der Waals surface area contributed by atoms with Crippen LogP contribution in [0.2, 0.25) is 0 Å². The highest BCUT2D eigenvalue weighted by molar-refractivity contribution is 8.00. The minimum Gasteiger partial charge on any atom is -0.548 e. The molecule has 0 unspecified atom stereocenters. The topological polar surface area (TPSA) is 60.4 Å². The van der Waals surface area contributed by atoms with Gasteiger partial charge in [-0.1, -0.05) is 24.8 Å². The van der Waals surface area contributed by atoms with Crippen LogP contribution >= 0.6 is 11.8 Å². The number of carboxylic acid groups (broad SMARTS) is 1. The van der Waals surface area contributed by atoms with Crippen molar-refractivity contribution in [3.8, 4) is 0 Å². The van der Waals surface area contributed by atoms with Crippen LogP contribution in [0.5, 0.6) is 0 Å². The van der Waals surface area contributed by atoms with E-state index >= 15 is 0 Å². The summed E-state index contributed by atoms with van der Waals surface area (Å²) >= 11 is 1.60. The minimum atomic E-state index is -1.13. The van der Waals surface area contributed by atoms with Crippen LogP contribution in [0.15, 0.2) is 11.6 Å². The first kappa shape index (κ1) is 15.4. The van der Waals surface area contributed by atoms with E-state index in [-0.39, 0.29) is 11.3 Å². The number of thioether (sulfide) groups is 1. The normalized spacial score (nSPS) is 27.4. The van der Waals surface area contributed by atoms with Crippen molar-refractivity contribution >= 4 is 23.6 Å². The fourth-order valence-electron chi connectivity index (χ4n) is 3.09. The van der Waals surface area contributed by atoms with Crippen molar-refractivity contribution in [2.45, 2.75) is 57.4 Å². The lowest BCUT2D eigenvalue weighted by molar-refractivity contribution is -0.310. The van der Waals surface area contributed by atoms with Gasteiger partial charge in [0.15, 0.2) is 0 Å². The summed E-state index contributed by atoms with van der Waals surface area (Å²) in [5.41, 5.74) is 0.895. The van der Waals surface area contributed by atoms with Crippen LogP contribution in [-0.2, 0) is 9.59 Å². The summed E-state index contributed by atoms with van der Waals surface area (Å²) in [7, 11) is 0. The monoisotopic (exact) mass is 296 g/mol. The zero-order chi connectivity index (χ0) is 14.7. The third-order valence-electron chi connectivity index (χ3n) is 4.03. The highest BCUT2D eigenvalue weighted by atomic mass is 32.2. The highest BCUT2D eigenvalue weighted by Crippen LogP contribution is 2.40. The number of hydrogen-bond donors (Lipinski definition) is 0. The molecule has 0 N–H and O–H groups in total. The van der Waals surface area contributed by atoms with Gasteiger partial charge >= 0.3 is 0 Å². The Morgan fingerprint density at radius 2 is 1.85 bits per heavy atom. The summed E-state index contributed by atoms with van der Waals surface area (Å²) < 4.78 is 0. The number of nitrogens with zero attached hydrogens (tertiary/aromatic N) is 1. The van der Waals surface area contributed by atoms with E-state index in [9.17, 15) is 14.7 Å². The maximum atomic E-state index is 12.4. The first-order valence-electron chi connectivity index (χ1n) is 7.30. The van der Waals surface area contributed by atoms with Crippen molar-refractivity contribution in [3.05, 3.63) is 11.6 Å². The van der Waals surface area contributed by atoms with Crippen molar-refractivity contribution in [2.75, 3.05) is 5.75 Å². The van der Waals surface area contributed by atoms with Gasteiger partial charge in [-0.2, -0.15) is 0 Å². The van der Waals surface area contributed by atoms with Gasteiger partial charge in [-0.15, -0.1) is 11.8 Å². The van der Waals surface area contributed by atoms with E-state index in [2.05, 4.69) is 0 Å². The summed E-state index contributed by atoms with van der Waals surface area (Å²) in [4.78, 5) is 25.2. The Balaban J connectivity index is 2.19. The first-order chi connectivity index (χ1) is 9.50. The molecule has 1 saturated heterocycles. The molecule has 20 heavy (non-hydrogen) atoms. The average molecular weight is 296 g/mol. The predicted molar refractivity (Wildman–Crippen MR) is 77.9 cm³/mol. The molecule has 0 aromatic carbocycles. The second-order valence-corrected chi connectivity index (χ2v) is 7.07. The maximum Gasteiger partial charge on any atom is 0.247 e. The molecular formula is C15H22NO3S-. The van der Waals surface area contributed by atoms with E-state index in [0.29, 0.717) is 11.7 Å². The standard InChI is InChI=1S/C15H23NO3S/c1-10(2)8-13(17)16-12(15(18)19)9-20-14(16)11-6-4-3-5-7-11/h8,11-12,14H,3-7,9H2,1-2H3,(H,18,19)/p-1/t12-,14+/m0/s1. The molecule has 4 nitrogen and oxygen atoms in total. The van der Waals surface area contributed by atoms with Crippen molar-refractivity contribution < 1.29 is 14.7 Å². The maximum absolute atomic E-state index is 12.4. The lowest BCUT2D eigenvalue weighted by Crippen LogP contribution is -2.52. The Bertz CT molecular complexity index is 411. The van der Waals surface area contributed by atoms with Crippen LogP contribution in [0, 0.1) is 5.92 Å². The zero-order valence-corrected chi connectivity index (χ0v) is 12.9. The van der Waals surface area contributed by atoms with Crippen molar-refractivity contribution in [2.24, 2.45) is 5.92 Å². The van der Waals surface area contributed by atoms with Crippen molar-refractivity contribution in [1.29, 1.82) is 0 Å². The van der Waals surface area contributed by atoms with Gasteiger partial charge < -0.3 is 14.8 Å². The molecule has 2 fully saturated rings. The van der Waals surface area contributed by atoms with Gasteiger partial charge in [0, 0.05) is 11.8 Å². The molecule has 112 valence electrons. The SMILES string of the molecule is CC(C)=CC(=O)N1[C@@H](C2CCCCC2)SC[C@H]1C(=O)[O-]. The molecule has 0 aromatic heterocycles. The molecule has 0 bridgehead atoms. The molecule has 0 aromatic rings. The van der Waals surface area contributed by atoms with Crippen molar-refractivity contribution in [3.63, 3.8) is 0 Å². The predicted octanol–water partition coefficient (Wildman–Crippen LogP) is 1.55. The van der Waals surface area contributed by atoms with Gasteiger partial charge in [-0.05, 0) is 32.6 Å². The Labute approximate surface area is 124 Å². The number of carboxylic acids is 1. The van der Waals surface area contributed by atoms with Gasteiger partial charge in [0.25, 0.3) is 0 Å². The lowest BCUT2D eigenvalue weighted by atomic mass is 9.88. The number of amides is 1. The van der Waals surface area contributed by atoms with Gasteiger partial charge in [-0.3, -0.25) is 4.79 Å². The highest BCUT2D eigenvalue weighted by Gasteiger charge is 2.41. The third kappa shape index (κ3) is 3.37. The van der Waals surface area contributed by atoms with Gasteiger partial charge in [0.2, 0.25) is 5.91 Å². The smallest absolute Gasteiger partial charge is 0.247 e. The Morgan fingerprint density at radius 3 is 2.40 bits per heavy atom. The Morgan fingerprint density at radius 1 is 1.20 bits per heavy atom. The fraction of sp³-hybridized carbons (Fsp3) is 0.733. The minimum absolute atomic E-state index is 0.00120. The molecule has 2 aliphatic rings. The van der Waals surface area contributed by atoms with E-state index in [4.69, 9.17) is 0 Å². The summed E-state index contributed by atoms with van der Waals surface area (Å²) in [5, 5.41) is 11.3. The summed E-state index contributed by atoms with van der Waals surface area (Å²) in [5.74, 6) is -0.440. The third-order valence-corrected chi connectivity index (χ3v) is 5.49. The Kier molecular flexibility index (Phi) is 5.13. The molecule has 0 radical (unpaired) electrons. The molecule has 0 spiro atoms. The molecule has 1 heterocycles. The molecular weight excluding hydrogens is 274 g/mol.